The number of hydrogen-bond donors (Lipinski definition) is 3. The largest absolute Gasteiger partial charge is 0.462 e. The molecular weight excluding hydrogens is 595 g/mol. The number of esters is 1. The standard InChI is InChI=1S/C20H31AsN2O7.C9H10O2/c1-4-6-8-9-12-23(20(25)15-29-13-7-5-2)19-14-17(22-16(3)24)10-11-18(19)21(26,27)30-28;1-2-11-9(10)8-6-4-3-5-7-8/h4,10-11,14,28H,1,5-9,12-13,15H2,2-3H3,(H,22,24)(H,26,27);3-7H,2H2,1H3. The topological polar surface area (TPSA) is 152 Å². The van der Waals surface area contributed by atoms with Gasteiger partial charge in [0, 0.05) is 0 Å². The molecule has 11 nitrogen and oxygen atoms in total. The second-order valence-corrected chi connectivity index (χ2v) is 12.3. The van der Waals surface area contributed by atoms with Crippen LogP contribution in [0.3, 0.4) is 0 Å². The van der Waals surface area contributed by atoms with Gasteiger partial charge in [0.2, 0.25) is 0 Å². The summed E-state index contributed by atoms with van der Waals surface area (Å²) in [6.07, 6.45) is 5.64. The molecule has 1 unspecified atom stereocenters. The van der Waals surface area contributed by atoms with Crippen molar-refractivity contribution in [2.75, 3.05) is 36.6 Å². The van der Waals surface area contributed by atoms with E-state index in [0.29, 0.717) is 30.9 Å². The van der Waals surface area contributed by atoms with Crippen LogP contribution in [0.15, 0.2) is 61.2 Å². The molecular formula is C29H41AsN2O9. The number of rotatable bonds is 16. The average molecular weight is 637 g/mol. The molecule has 226 valence electrons. The molecule has 0 bridgehead atoms. The van der Waals surface area contributed by atoms with Gasteiger partial charge in [-0.05, 0) is 19.1 Å². The van der Waals surface area contributed by atoms with Crippen LogP contribution in [-0.2, 0) is 26.7 Å². The zero-order valence-electron chi connectivity index (χ0n) is 23.9. The van der Waals surface area contributed by atoms with E-state index in [1.165, 1.54) is 30.0 Å². The first-order chi connectivity index (χ1) is 19.6. The summed E-state index contributed by atoms with van der Waals surface area (Å²) >= 11 is -5.31. The average Bonchev–Trinajstić information content (AvgIpc) is 2.96. The third kappa shape index (κ3) is 13.3. The number of ether oxygens (including phenoxy) is 2. The summed E-state index contributed by atoms with van der Waals surface area (Å²) in [4.78, 5) is 36.7. The summed E-state index contributed by atoms with van der Waals surface area (Å²) in [5.41, 5.74) is 1.03. The van der Waals surface area contributed by atoms with Crippen molar-refractivity contribution in [3.8, 4) is 0 Å². The Bertz CT molecular complexity index is 1160. The first-order valence-electron chi connectivity index (χ1n) is 13.4. The molecule has 2 aromatic carbocycles. The number of nitrogens with zero attached hydrogens (tertiary/aromatic N) is 1. The fraction of sp³-hybridized carbons (Fsp3) is 0.414. The second-order valence-electron chi connectivity index (χ2n) is 8.81. The van der Waals surface area contributed by atoms with Crippen LogP contribution in [0.2, 0.25) is 0 Å². The second kappa shape index (κ2) is 19.8. The number of carbonyl (C=O) groups is 3. The van der Waals surface area contributed by atoms with Crippen LogP contribution in [0.25, 0.3) is 0 Å². The molecule has 2 aromatic rings. The van der Waals surface area contributed by atoms with Gasteiger partial charge < -0.3 is 4.74 Å². The maximum atomic E-state index is 12.9. The summed E-state index contributed by atoms with van der Waals surface area (Å²) in [6.45, 7) is 9.70. The van der Waals surface area contributed by atoms with E-state index in [1.54, 1.807) is 25.1 Å². The number of nitrogens with one attached hydrogen (secondary N) is 1. The molecule has 0 saturated heterocycles. The van der Waals surface area contributed by atoms with Crippen molar-refractivity contribution in [2.45, 2.75) is 52.9 Å². The molecule has 0 aliphatic heterocycles. The minimum Gasteiger partial charge on any atom is -0.462 e. The van der Waals surface area contributed by atoms with Crippen LogP contribution in [0, 0.1) is 0 Å². The van der Waals surface area contributed by atoms with Crippen LogP contribution >= 0.6 is 0 Å². The molecule has 0 radical (unpaired) electrons. The molecule has 0 aliphatic carbocycles. The van der Waals surface area contributed by atoms with Gasteiger partial charge in [-0.2, -0.15) is 0 Å². The summed E-state index contributed by atoms with van der Waals surface area (Å²) in [6, 6.07) is 13.0. The van der Waals surface area contributed by atoms with E-state index >= 15 is 0 Å². The van der Waals surface area contributed by atoms with Crippen LogP contribution < -0.4 is 14.6 Å². The zero-order chi connectivity index (χ0) is 30.7. The van der Waals surface area contributed by atoms with Gasteiger partial charge in [-0.15, -0.1) is 0 Å². The van der Waals surface area contributed by atoms with Gasteiger partial charge in [-0.25, -0.2) is 4.79 Å². The molecule has 0 aromatic heterocycles. The number of amides is 2. The normalized spacial score (nSPS) is 11.8. The molecule has 3 N–H and O–H groups in total. The third-order valence-electron chi connectivity index (χ3n) is 5.50. The Labute approximate surface area is 244 Å². The fourth-order valence-electron chi connectivity index (χ4n) is 3.51. The van der Waals surface area contributed by atoms with Gasteiger partial charge in [-0.1, -0.05) is 18.2 Å². The van der Waals surface area contributed by atoms with E-state index in [1.807, 2.05) is 25.1 Å². The first-order valence-corrected chi connectivity index (χ1v) is 16.7. The Morgan fingerprint density at radius 2 is 1.78 bits per heavy atom. The van der Waals surface area contributed by atoms with E-state index < -0.39 is 20.1 Å². The van der Waals surface area contributed by atoms with Crippen molar-refractivity contribution >= 4 is 47.7 Å². The first kappa shape index (κ1) is 35.8. The number of unbranched alkanes of at least 4 members (excludes halogenated alkanes) is 3. The third-order valence-corrected chi connectivity index (χ3v) is 8.03. The van der Waals surface area contributed by atoms with E-state index in [2.05, 4.69) is 15.8 Å². The number of carbonyl (C=O) groups excluding carboxylic acids is 3. The SMILES string of the molecule is C=CCCCCN(C(=O)COCCCC)c1cc(NC(C)=O)ccc1[As](=O)(O)OO.CCOC(=O)c1ccccc1. The molecule has 0 spiro atoms. The Hall–Kier alpha value is -3.21. The van der Waals surface area contributed by atoms with Gasteiger partial charge in [0.1, 0.15) is 0 Å². The molecule has 2 amide bonds. The molecule has 1 atom stereocenters. The summed E-state index contributed by atoms with van der Waals surface area (Å²) < 4.78 is 36.4. The number of allylic oxidation sites excluding steroid dienone is 1. The maximum Gasteiger partial charge on any atom is 0.338 e. The Kier molecular flexibility index (Phi) is 17.3. The molecule has 0 heterocycles. The molecule has 2 rings (SSSR count). The van der Waals surface area contributed by atoms with Crippen molar-refractivity contribution in [3.63, 3.8) is 0 Å². The van der Waals surface area contributed by atoms with Gasteiger partial charge in [0.05, 0.1) is 12.2 Å². The Morgan fingerprint density at radius 3 is 2.37 bits per heavy atom. The Balaban J connectivity index is 0.000000634. The monoisotopic (exact) mass is 636 g/mol. The van der Waals surface area contributed by atoms with Crippen molar-refractivity contribution in [1.29, 1.82) is 0 Å². The van der Waals surface area contributed by atoms with Crippen LogP contribution in [0.4, 0.5) is 11.4 Å². The van der Waals surface area contributed by atoms with Crippen molar-refractivity contribution in [2.24, 2.45) is 0 Å². The predicted molar refractivity (Wildman–Crippen MR) is 157 cm³/mol. The fourth-order valence-corrected chi connectivity index (χ4v) is 5.25. The summed E-state index contributed by atoms with van der Waals surface area (Å²) in [5, 5.41) is 11.5. The van der Waals surface area contributed by atoms with Gasteiger partial charge >= 0.3 is 186 Å². The molecule has 41 heavy (non-hydrogen) atoms. The number of anilines is 2. The molecule has 0 saturated carbocycles. The van der Waals surface area contributed by atoms with Gasteiger partial charge in [0.25, 0.3) is 0 Å². The predicted octanol–water partition coefficient (Wildman–Crippen LogP) is 4.07. The van der Waals surface area contributed by atoms with E-state index in [4.69, 9.17) is 14.7 Å². The zero-order valence-corrected chi connectivity index (χ0v) is 25.8. The van der Waals surface area contributed by atoms with Gasteiger partial charge in [-0.3, -0.25) is 0 Å². The maximum absolute atomic E-state index is 12.9. The summed E-state index contributed by atoms with van der Waals surface area (Å²) in [7, 11) is 0. The number of benzene rings is 2. The molecule has 0 aliphatic rings. The van der Waals surface area contributed by atoms with E-state index in [-0.39, 0.29) is 35.1 Å². The molecule has 12 heteroatoms. The van der Waals surface area contributed by atoms with E-state index in [0.717, 1.165) is 25.7 Å². The molecule has 0 fully saturated rings. The smallest absolute Gasteiger partial charge is 0.338 e. The quantitative estimate of drug-likeness (QED) is 0.0619. The summed E-state index contributed by atoms with van der Waals surface area (Å²) in [5.74, 6) is -0.996. The van der Waals surface area contributed by atoms with Crippen LogP contribution in [0.1, 0.15) is 63.2 Å². The van der Waals surface area contributed by atoms with Crippen LogP contribution in [-0.4, -0.2) is 67.7 Å². The van der Waals surface area contributed by atoms with Crippen molar-refractivity contribution in [3.05, 3.63) is 66.7 Å². The van der Waals surface area contributed by atoms with Crippen LogP contribution in [0.5, 0.6) is 0 Å². The number of hydrogen-bond acceptors (Lipinski definition) is 8. The minimum atomic E-state index is -5.31. The van der Waals surface area contributed by atoms with Gasteiger partial charge in [0.15, 0.2) is 0 Å². The minimum absolute atomic E-state index is 0.0861. The van der Waals surface area contributed by atoms with Crippen molar-refractivity contribution in [1.82, 2.24) is 0 Å². The van der Waals surface area contributed by atoms with E-state index in [9.17, 15) is 22.2 Å². The Morgan fingerprint density at radius 1 is 1.07 bits per heavy atom. The van der Waals surface area contributed by atoms with Crippen molar-refractivity contribution < 1.29 is 40.8 Å².